The fourth-order valence-corrected chi connectivity index (χ4v) is 5.73. The SMILES string of the molecule is CCN(CC)C(=O)[C@@H]1CCCN(C(=S)Nc2ccc3nc4c5ncccc5c5cccnc5c4nc3c2)C1. The van der Waals surface area contributed by atoms with Gasteiger partial charge in [0.1, 0.15) is 11.0 Å². The van der Waals surface area contributed by atoms with Gasteiger partial charge in [-0.25, -0.2) is 9.97 Å². The second-order valence-electron chi connectivity index (χ2n) is 9.65. The lowest BCUT2D eigenvalue weighted by Gasteiger charge is -2.36. The van der Waals surface area contributed by atoms with E-state index < -0.39 is 0 Å². The standard InChI is InChI=1S/C29H29N7OS/c1-3-35(4-2)28(37)18-8-7-15-36(17-18)29(38)32-19-11-12-22-23(16-19)34-27-25-21(10-6-14-31-25)20-9-5-13-30-24(20)26(27)33-22/h5-6,9-14,16,18H,3-4,7-8,15,17H2,1-2H3,(H,32,38)/t18-/m1/s1. The van der Waals surface area contributed by atoms with Crippen molar-refractivity contribution in [3.05, 3.63) is 54.9 Å². The molecule has 2 aromatic carbocycles. The van der Waals surface area contributed by atoms with Crippen molar-refractivity contribution in [1.82, 2.24) is 29.7 Å². The predicted octanol–water partition coefficient (Wildman–Crippen LogP) is 5.16. The number of nitrogens with zero attached hydrogens (tertiary/aromatic N) is 6. The lowest BCUT2D eigenvalue weighted by Crippen LogP contribution is -2.47. The molecule has 192 valence electrons. The van der Waals surface area contributed by atoms with Crippen LogP contribution in [0.25, 0.3) is 43.9 Å². The number of thiocarbonyl (C=S) groups is 1. The van der Waals surface area contributed by atoms with Crippen LogP contribution in [0.15, 0.2) is 54.9 Å². The fourth-order valence-electron chi connectivity index (χ4n) is 5.44. The Labute approximate surface area is 226 Å². The van der Waals surface area contributed by atoms with Crippen LogP contribution in [0.1, 0.15) is 26.7 Å². The molecule has 1 amide bonds. The first-order chi connectivity index (χ1) is 18.6. The number of anilines is 1. The minimum Gasteiger partial charge on any atom is -0.348 e. The molecule has 0 bridgehead atoms. The molecular formula is C29H29N7OS. The quantitative estimate of drug-likeness (QED) is 0.196. The van der Waals surface area contributed by atoms with Crippen molar-refractivity contribution in [3.63, 3.8) is 0 Å². The van der Waals surface area contributed by atoms with Gasteiger partial charge in [0.15, 0.2) is 5.11 Å². The molecule has 38 heavy (non-hydrogen) atoms. The molecule has 8 nitrogen and oxygen atoms in total. The molecule has 1 aliphatic heterocycles. The molecule has 6 rings (SSSR count). The van der Waals surface area contributed by atoms with Gasteiger partial charge in [0.25, 0.3) is 0 Å². The number of pyridine rings is 2. The molecule has 1 atom stereocenters. The molecule has 4 heterocycles. The van der Waals surface area contributed by atoms with Gasteiger partial charge in [0.05, 0.1) is 28.0 Å². The molecule has 0 radical (unpaired) electrons. The monoisotopic (exact) mass is 523 g/mol. The molecule has 0 spiro atoms. The molecule has 3 aromatic heterocycles. The topological polar surface area (TPSA) is 87.1 Å². The van der Waals surface area contributed by atoms with Crippen molar-refractivity contribution >= 4 is 72.8 Å². The highest BCUT2D eigenvalue weighted by Crippen LogP contribution is 2.32. The zero-order valence-corrected chi connectivity index (χ0v) is 22.3. The van der Waals surface area contributed by atoms with E-state index in [1.165, 1.54) is 0 Å². The number of rotatable bonds is 4. The summed E-state index contributed by atoms with van der Waals surface area (Å²) in [4.78, 5) is 36.2. The summed E-state index contributed by atoms with van der Waals surface area (Å²) in [7, 11) is 0. The van der Waals surface area contributed by atoms with Gasteiger partial charge in [-0.15, -0.1) is 0 Å². The molecule has 1 N–H and O–H groups in total. The number of carbonyl (C=O) groups excluding carboxylic acids is 1. The Morgan fingerprint density at radius 1 is 0.974 bits per heavy atom. The second-order valence-corrected chi connectivity index (χ2v) is 10.0. The van der Waals surface area contributed by atoms with Gasteiger partial charge in [0.2, 0.25) is 5.91 Å². The average Bonchev–Trinajstić information content (AvgIpc) is 2.97. The summed E-state index contributed by atoms with van der Waals surface area (Å²) in [5.74, 6) is 0.194. The molecule has 9 heteroatoms. The molecular weight excluding hydrogens is 494 g/mol. The first-order valence-electron chi connectivity index (χ1n) is 13.1. The molecule has 0 saturated carbocycles. The maximum Gasteiger partial charge on any atom is 0.227 e. The molecule has 1 aliphatic rings. The van der Waals surface area contributed by atoms with Gasteiger partial charge < -0.3 is 15.1 Å². The Hall–Kier alpha value is -3.98. The van der Waals surface area contributed by atoms with Crippen molar-refractivity contribution < 1.29 is 4.79 Å². The predicted molar refractivity (Wildman–Crippen MR) is 156 cm³/mol. The van der Waals surface area contributed by atoms with Crippen LogP contribution < -0.4 is 5.32 Å². The maximum absolute atomic E-state index is 12.9. The number of likely N-dealkylation sites (tertiary alicyclic amines) is 1. The Balaban J connectivity index is 1.32. The van der Waals surface area contributed by atoms with Crippen molar-refractivity contribution in [2.75, 3.05) is 31.5 Å². The number of nitrogens with one attached hydrogen (secondary N) is 1. The largest absolute Gasteiger partial charge is 0.348 e. The van der Waals surface area contributed by atoms with Crippen LogP contribution in [0, 0.1) is 5.92 Å². The number of piperidine rings is 1. The summed E-state index contributed by atoms with van der Waals surface area (Å²) < 4.78 is 0. The number of benzene rings is 2. The van der Waals surface area contributed by atoms with E-state index in [1.807, 2.05) is 61.2 Å². The highest BCUT2D eigenvalue weighted by molar-refractivity contribution is 7.80. The first kappa shape index (κ1) is 24.4. The lowest BCUT2D eigenvalue weighted by atomic mass is 9.96. The summed E-state index contributed by atoms with van der Waals surface area (Å²) >= 11 is 5.77. The van der Waals surface area contributed by atoms with E-state index >= 15 is 0 Å². The van der Waals surface area contributed by atoms with E-state index in [2.05, 4.69) is 20.2 Å². The molecule has 0 aliphatic carbocycles. The van der Waals surface area contributed by atoms with Gasteiger partial charge in [-0.05, 0) is 69.2 Å². The van der Waals surface area contributed by atoms with Gasteiger partial charge in [-0.1, -0.05) is 12.1 Å². The third kappa shape index (κ3) is 4.26. The van der Waals surface area contributed by atoms with Gasteiger partial charge >= 0.3 is 0 Å². The number of hydrogen-bond acceptors (Lipinski definition) is 6. The Morgan fingerprint density at radius 2 is 1.63 bits per heavy atom. The van der Waals surface area contributed by atoms with Crippen LogP contribution in [0.3, 0.4) is 0 Å². The van der Waals surface area contributed by atoms with Crippen molar-refractivity contribution in [1.29, 1.82) is 0 Å². The average molecular weight is 524 g/mol. The van der Waals surface area contributed by atoms with Crippen LogP contribution >= 0.6 is 12.2 Å². The number of amides is 1. The smallest absolute Gasteiger partial charge is 0.227 e. The van der Waals surface area contributed by atoms with Gasteiger partial charge in [-0.2, -0.15) is 0 Å². The number of fused-ring (bicyclic) bond motifs is 7. The Kier molecular flexibility index (Phi) is 6.45. The third-order valence-electron chi connectivity index (χ3n) is 7.40. The van der Waals surface area contributed by atoms with Crippen molar-refractivity contribution in [2.45, 2.75) is 26.7 Å². The maximum atomic E-state index is 12.9. The van der Waals surface area contributed by atoms with Crippen LogP contribution in [-0.4, -0.2) is 66.9 Å². The zero-order chi connectivity index (χ0) is 26.2. The summed E-state index contributed by atoms with van der Waals surface area (Å²) in [5, 5.41) is 6.01. The van der Waals surface area contributed by atoms with Crippen molar-refractivity contribution in [3.8, 4) is 0 Å². The Bertz CT molecular complexity index is 1700. The minimum absolute atomic E-state index is 0.0264. The summed E-state index contributed by atoms with van der Waals surface area (Å²) in [6.07, 6.45) is 5.41. The first-order valence-corrected chi connectivity index (χ1v) is 13.6. The van der Waals surface area contributed by atoms with E-state index in [0.29, 0.717) is 11.7 Å². The molecule has 1 saturated heterocycles. The summed E-state index contributed by atoms with van der Waals surface area (Å²) in [6.45, 7) is 6.99. The highest BCUT2D eigenvalue weighted by atomic mass is 32.1. The molecule has 5 aromatic rings. The number of aromatic nitrogens is 4. The second kappa shape index (κ2) is 10.1. The minimum atomic E-state index is -0.0264. The van der Waals surface area contributed by atoms with Crippen molar-refractivity contribution in [2.24, 2.45) is 5.92 Å². The highest BCUT2D eigenvalue weighted by Gasteiger charge is 2.29. The van der Waals surface area contributed by atoms with E-state index in [4.69, 9.17) is 22.2 Å². The lowest BCUT2D eigenvalue weighted by molar-refractivity contribution is -0.136. The number of carbonyl (C=O) groups is 1. The van der Waals surface area contributed by atoms with E-state index in [-0.39, 0.29) is 11.8 Å². The zero-order valence-electron chi connectivity index (χ0n) is 21.5. The molecule has 0 unspecified atom stereocenters. The molecule has 1 fully saturated rings. The van der Waals surface area contributed by atoms with Crippen LogP contribution in [0.4, 0.5) is 5.69 Å². The van der Waals surface area contributed by atoms with Gasteiger partial charge in [-0.3, -0.25) is 14.8 Å². The van der Waals surface area contributed by atoms with E-state index in [0.717, 1.165) is 82.0 Å². The van der Waals surface area contributed by atoms with E-state index in [9.17, 15) is 4.79 Å². The third-order valence-corrected chi connectivity index (χ3v) is 7.76. The van der Waals surface area contributed by atoms with Crippen LogP contribution in [0.5, 0.6) is 0 Å². The summed E-state index contributed by atoms with van der Waals surface area (Å²) in [5.41, 5.74) is 5.47. The van der Waals surface area contributed by atoms with Gasteiger partial charge in [0, 0.05) is 55.0 Å². The Morgan fingerprint density at radius 3 is 2.29 bits per heavy atom. The van der Waals surface area contributed by atoms with E-state index in [1.54, 1.807) is 12.4 Å². The van der Waals surface area contributed by atoms with Crippen LogP contribution in [0.2, 0.25) is 0 Å². The summed E-state index contributed by atoms with van der Waals surface area (Å²) in [6, 6.07) is 13.8. The normalized spacial score (nSPS) is 15.8. The van der Waals surface area contributed by atoms with Crippen LogP contribution in [-0.2, 0) is 4.79 Å². The fraction of sp³-hybridized carbons (Fsp3) is 0.310. The number of hydrogen-bond donors (Lipinski definition) is 1.